The molecule has 1 N–H and O–H groups in total. The Labute approximate surface area is 110 Å². The molecule has 0 spiro atoms. The number of methoxy groups -OCH3 is 2. The molecule has 1 aromatic rings. The summed E-state index contributed by atoms with van der Waals surface area (Å²) in [6.45, 7) is 3.66. The van der Waals surface area contributed by atoms with Crippen LogP contribution in [-0.2, 0) is 6.54 Å². The number of quaternary nitrogens is 1. The van der Waals surface area contributed by atoms with Crippen LogP contribution in [0, 0.1) is 0 Å². The average molecular weight is 250 g/mol. The number of ether oxygens (including phenoxy) is 2. The van der Waals surface area contributed by atoms with Gasteiger partial charge < -0.3 is 14.4 Å². The zero-order chi connectivity index (χ0) is 12.8. The minimum atomic E-state index is 0.888. The molecule has 0 unspecified atom stereocenters. The molecule has 1 aliphatic heterocycles. The van der Waals surface area contributed by atoms with Crippen molar-refractivity contribution in [3.8, 4) is 11.5 Å². The predicted octanol–water partition coefficient (Wildman–Crippen LogP) is 1.66. The fraction of sp³-hybridized carbons (Fsp3) is 0.600. The number of nitrogens with one attached hydrogen (secondary N) is 1. The monoisotopic (exact) mass is 250 g/mol. The van der Waals surface area contributed by atoms with Crippen LogP contribution in [0.4, 0.5) is 0 Å². The summed E-state index contributed by atoms with van der Waals surface area (Å²) in [6.07, 6.45) is 5.50. The average Bonchev–Trinajstić information content (AvgIpc) is 2.67. The number of benzene rings is 1. The first-order chi connectivity index (χ1) is 8.81. The zero-order valence-corrected chi connectivity index (χ0v) is 11.5. The van der Waals surface area contributed by atoms with Gasteiger partial charge in [0.1, 0.15) is 18.0 Å². The van der Waals surface area contributed by atoms with Gasteiger partial charge in [0.25, 0.3) is 0 Å². The van der Waals surface area contributed by atoms with Crippen molar-refractivity contribution in [2.24, 2.45) is 0 Å². The number of rotatable bonds is 4. The maximum atomic E-state index is 5.32. The summed E-state index contributed by atoms with van der Waals surface area (Å²) in [6, 6.07) is 6.18. The third-order valence-corrected chi connectivity index (χ3v) is 3.68. The van der Waals surface area contributed by atoms with Crippen molar-refractivity contribution >= 4 is 0 Å². The van der Waals surface area contributed by atoms with Crippen molar-refractivity contribution in [1.82, 2.24) is 0 Å². The van der Waals surface area contributed by atoms with E-state index in [-0.39, 0.29) is 0 Å². The molecule has 0 atom stereocenters. The first-order valence-electron chi connectivity index (χ1n) is 6.87. The van der Waals surface area contributed by atoms with Gasteiger partial charge in [-0.15, -0.1) is 0 Å². The Bertz CT molecular complexity index is 349. The maximum Gasteiger partial charge on any atom is 0.123 e. The zero-order valence-electron chi connectivity index (χ0n) is 11.5. The standard InChI is InChI=1S/C15H23NO2/c1-17-14-9-13(10-15(11-14)18-2)12-16-7-5-3-4-6-8-16/h9-11H,3-8,12H2,1-2H3/p+1. The number of likely N-dealkylation sites (tertiary alicyclic amines) is 1. The lowest BCUT2D eigenvalue weighted by molar-refractivity contribution is -0.913. The van der Waals surface area contributed by atoms with Crippen molar-refractivity contribution in [2.45, 2.75) is 32.2 Å². The topological polar surface area (TPSA) is 22.9 Å². The molecule has 0 aliphatic carbocycles. The highest BCUT2D eigenvalue weighted by Crippen LogP contribution is 2.22. The molecule has 3 heteroatoms. The third-order valence-electron chi connectivity index (χ3n) is 3.68. The van der Waals surface area contributed by atoms with Crippen LogP contribution in [0.3, 0.4) is 0 Å². The van der Waals surface area contributed by atoms with E-state index >= 15 is 0 Å². The van der Waals surface area contributed by atoms with E-state index in [2.05, 4.69) is 12.1 Å². The Morgan fingerprint density at radius 3 is 1.94 bits per heavy atom. The van der Waals surface area contributed by atoms with Crippen LogP contribution in [0.15, 0.2) is 18.2 Å². The summed E-state index contributed by atoms with van der Waals surface area (Å²) in [5, 5.41) is 0. The van der Waals surface area contributed by atoms with Gasteiger partial charge in [0, 0.05) is 11.6 Å². The van der Waals surface area contributed by atoms with Crippen molar-refractivity contribution in [3.63, 3.8) is 0 Å². The minimum absolute atomic E-state index is 0.888. The lowest BCUT2D eigenvalue weighted by atomic mass is 10.2. The van der Waals surface area contributed by atoms with E-state index in [4.69, 9.17) is 9.47 Å². The van der Waals surface area contributed by atoms with Gasteiger partial charge in [-0.3, -0.25) is 0 Å². The summed E-state index contributed by atoms with van der Waals surface area (Å²) >= 11 is 0. The Morgan fingerprint density at radius 1 is 0.889 bits per heavy atom. The molecular weight excluding hydrogens is 226 g/mol. The van der Waals surface area contributed by atoms with Crippen molar-refractivity contribution in [3.05, 3.63) is 23.8 Å². The summed E-state index contributed by atoms with van der Waals surface area (Å²) in [7, 11) is 3.41. The van der Waals surface area contributed by atoms with Gasteiger partial charge >= 0.3 is 0 Å². The largest absolute Gasteiger partial charge is 0.497 e. The molecule has 1 aromatic carbocycles. The third kappa shape index (κ3) is 3.64. The van der Waals surface area contributed by atoms with E-state index in [1.807, 2.05) is 6.07 Å². The SMILES string of the molecule is COc1cc(C[NH+]2CCCCCC2)cc(OC)c1. The fourth-order valence-corrected chi connectivity index (χ4v) is 2.66. The first kappa shape index (κ1) is 13.2. The van der Waals surface area contributed by atoms with E-state index in [0.29, 0.717) is 0 Å². The molecule has 0 bridgehead atoms. The second-order valence-corrected chi connectivity index (χ2v) is 5.06. The first-order valence-corrected chi connectivity index (χ1v) is 6.87. The van der Waals surface area contributed by atoms with E-state index < -0.39 is 0 Å². The van der Waals surface area contributed by atoms with Crippen molar-refractivity contribution in [2.75, 3.05) is 27.3 Å². The van der Waals surface area contributed by atoms with Crippen LogP contribution in [0.1, 0.15) is 31.2 Å². The van der Waals surface area contributed by atoms with Gasteiger partial charge in [-0.2, -0.15) is 0 Å². The highest BCUT2D eigenvalue weighted by Gasteiger charge is 2.13. The summed E-state index contributed by atoms with van der Waals surface area (Å²) in [4.78, 5) is 1.68. The fourth-order valence-electron chi connectivity index (χ4n) is 2.66. The normalized spacial score (nSPS) is 17.2. The predicted molar refractivity (Wildman–Crippen MR) is 72.4 cm³/mol. The quantitative estimate of drug-likeness (QED) is 0.878. The lowest BCUT2D eigenvalue weighted by Gasteiger charge is -2.17. The van der Waals surface area contributed by atoms with Crippen LogP contribution in [0.5, 0.6) is 11.5 Å². The molecular formula is C15H24NO2+. The maximum absolute atomic E-state index is 5.32. The molecule has 1 heterocycles. The van der Waals surface area contributed by atoms with Gasteiger partial charge in [-0.1, -0.05) is 0 Å². The van der Waals surface area contributed by atoms with E-state index in [1.54, 1.807) is 19.1 Å². The molecule has 0 radical (unpaired) electrons. The Hall–Kier alpha value is -1.22. The lowest BCUT2D eigenvalue weighted by Crippen LogP contribution is -3.10. The molecule has 0 amide bonds. The highest BCUT2D eigenvalue weighted by molar-refractivity contribution is 5.38. The molecule has 100 valence electrons. The van der Waals surface area contributed by atoms with Gasteiger partial charge in [-0.25, -0.2) is 0 Å². The van der Waals surface area contributed by atoms with Crippen molar-refractivity contribution < 1.29 is 14.4 Å². The molecule has 0 saturated carbocycles. The molecule has 1 saturated heterocycles. The molecule has 1 fully saturated rings. The van der Waals surface area contributed by atoms with Crippen LogP contribution in [0.25, 0.3) is 0 Å². The Balaban J connectivity index is 2.06. The van der Waals surface area contributed by atoms with Crippen LogP contribution < -0.4 is 14.4 Å². The summed E-state index contributed by atoms with van der Waals surface area (Å²) < 4.78 is 10.6. The smallest absolute Gasteiger partial charge is 0.123 e. The Morgan fingerprint density at radius 2 is 1.44 bits per heavy atom. The Kier molecular flexibility index (Phi) is 4.88. The molecule has 18 heavy (non-hydrogen) atoms. The van der Waals surface area contributed by atoms with Gasteiger partial charge in [0.15, 0.2) is 0 Å². The molecule has 1 aliphatic rings. The summed E-state index contributed by atoms with van der Waals surface area (Å²) in [5.41, 5.74) is 1.31. The number of hydrogen-bond donors (Lipinski definition) is 1. The van der Waals surface area contributed by atoms with E-state index in [1.165, 1.54) is 44.3 Å². The number of hydrogen-bond acceptors (Lipinski definition) is 2. The second kappa shape index (κ2) is 6.64. The van der Waals surface area contributed by atoms with Gasteiger partial charge in [-0.05, 0) is 37.8 Å². The summed E-state index contributed by atoms with van der Waals surface area (Å²) in [5.74, 6) is 1.78. The minimum Gasteiger partial charge on any atom is -0.497 e. The van der Waals surface area contributed by atoms with Crippen LogP contribution in [0.2, 0.25) is 0 Å². The molecule has 0 aromatic heterocycles. The van der Waals surface area contributed by atoms with Crippen molar-refractivity contribution in [1.29, 1.82) is 0 Å². The highest BCUT2D eigenvalue weighted by atomic mass is 16.5. The second-order valence-electron chi connectivity index (χ2n) is 5.06. The van der Waals surface area contributed by atoms with Crippen LogP contribution in [-0.4, -0.2) is 27.3 Å². The molecule has 3 nitrogen and oxygen atoms in total. The van der Waals surface area contributed by atoms with Gasteiger partial charge in [0.2, 0.25) is 0 Å². The van der Waals surface area contributed by atoms with E-state index in [9.17, 15) is 0 Å². The van der Waals surface area contributed by atoms with Gasteiger partial charge in [0.05, 0.1) is 27.3 Å². The van der Waals surface area contributed by atoms with E-state index in [0.717, 1.165) is 18.0 Å². The van der Waals surface area contributed by atoms with Crippen LogP contribution >= 0.6 is 0 Å². The molecule has 2 rings (SSSR count).